The Morgan fingerprint density at radius 3 is 2.67 bits per heavy atom. The highest BCUT2D eigenvalue weighted by molar-refractivity contribution is 5.76. The molecule has 1 heterocycles. The molecule has 116 valence electrons. The molecule has 1 amide bonds. The Morgan fingerprint density at radius 1 is 1.24 bits per heavy atom. The number of hydrogen-bond acceptors (Lipinski definition) is 4. The number of hydrogen-bond donors (Lipinski definition) is 0. The van der Waals surface area contributed by atoms with E-state index < -0.39 is 0 Å². The summed E-state index contributed by atoms with van der Waals surface area (Å²) in [5, 5.41) is 0. The molecule has 5 nitrogen and oxygen atoms in total. The number of rotatable bonds is 6. The average Bonchev–Trinajstić information content (AvgIpc) is 2.91. The van der Waals surface area contributed by atoms with Gasteiger partial charge in [-0.3, -0.25) is 4.79 Å². The van der Waals surface area contributed by atoms with Gasteiger partial charge in [0.2, 0.25) is 12.7 Å². The van der Waals surface area contributed by atoms with Crippen LogP contribution < -0.4 is 9.47 Å². The monoisotopic (exact) mass is 292 g/mol. The number of carbonyl (C=O) groups excluding carboxylic acids is 1. The number of benzene rings is 1. The van der Waals surface area contributed by atoms with Crippen LogP contribution in [0.15, 0.2) is 18.2 Å². The molecular formula is C16H24N2O3. The van der Waals surface area contributed by atoms with E-state index in [4.69, 9.17) is 9.47 Å². The van der Waals surface area contributed by atoms with Crippen LogP contribution in [0.3, 0.4) is 0 Å². The summed E-state index contributed by atoms with van der Waals surface area (Å²) in [5.41, 5.74) is 1.15. The van der Waals surface area contributed by atoms with Crippen LogP contribution in [0.5, 0.6) is 11.5 Å². The van der Waals surface area contributed by atoms with Crippen LogP contribution >= 0.6 is 0 Å². The Morgan fingerprint density at radius 2 is 1.95 bits per heavy atom. The Balaban J connectivity index is 1.91. The first-order chi connectivity index (χ1) is 9.97. The van der Waals surface area contributed by atoms with Crippen LogP contribution in [0.4, 0.5) is 0 Å². The van der Waals surface area contributed by atoms with E-state index in [1.807, 2.05) is 49.1 Å². The highest BCUT2D eigenvalue weighted by Crippen LogP contribution is 2.32. The van der Waals surface area contributed by atoms with Crippen molar-refractivity contribution in [3.05, 3.63) is 23.8 Å². The van der Waals surface area contributed by atoms with Crippen LogP contribution in [-0.4, -0.2) is 56.2 Å². The van der Waals surface area contributed by atoms with E-state index in [9.17, 15) is 4.79 Å². The van der Waals surface area contributed by atoms with Gasteiger partial charge in [-0.1, -0.05) is 6.07 Å². The molecule has 1 atom stereocenters. The van der Waals surface area contributed by atoms with Crippen LogP contribution in [0.1, 0.15) is 18.9 Å². The van der Waals surface area contributed by atoms with Crippen LogP contribution in [0.2, 0.25) is 0 Å². The van der Waals surface area contributed by atoms with Crippen LogP contribution in [-0.2, 0) is 11.2 Å². The van der Waals surface area contributed by atoms with Gasteiger partial charge in [0.15, 0.2) is 11.5 Å². The highest BCUT2D eigenvalue weighted by atomic mass is 16.7. The standard InChI is InChI=1S/C16H24N2O3/c1-12(18(4)16(19)7-8-17(2)3)9-13-5-6-14-15(10-13)21-11-20-14/h5-6,10,12H,7-9,11H2,1-4H3. The van der Waals surface area contributed by atoms with Gasteiger partial charge in [0.25, 0.3) is 0 Å². The van der Waals surface area contributed by atoms with Crippen LogP contribution in [0, 0.1) is 0 Å². The second kappa shape index (κ2) is 6.80. The number of amides is 1. The largest absolute Gasteiger partial charge is 0.454 e. The Labute approximate surface area is 126 Å². The van der Waals surface area contributed by atoms with Crippen molar-refractivity contribution in [1.82, 2.24) is 9.80 Å². The first-order valence-corrected chi connectivity index (χ1v) is 7.26. The second-order valence-electron chi connectivity index (χ2n) is 5.80. The molecule has 5 heteroatoms. The predicted molar refractivity (Wildman–Crippen MR) is 81.7 cm³/mol. The molecule has 1 aliphatic heterocycles. The van der Waals surface area contributed by atoms with Gasteiger partial charge < -0.3 is 19.3 Å². The van der Waals surface area contributed by atoms with Gasteiger partial charge in [0.05, 0.1) is 0 Å². The van der Waals surface area contributed by atoms with Crippen molar-refractivity contribution in [2.45, 2.75) is 25.8 Å². The molecule has 0 aliphatic carbocycles. The molecule has 0 fully saturated rings. The molecule has 0 saturated heterocycles. The van der Waals surface area contributed by atoms with Gasteiger partial charge in [-0.05, 0) is 45.1 Å². The third-order valence-electron chi connectivity index (χ3n) is 3.80. The van der Waals surface area contributed by atoms with E-state index >= 15 is 0 Å². The lowest BCUT2D eigenvalue weighted by Gasteiger charge is -2.26. The van der Waals surface area contributed by atoms with E-state index in [0.29, 0.717) is 6.42 Å². The van der Waals surface area contributed by atoms with E-state index in [1.54, 1.807) is 0 Å². The summed E-state index contributed by atoms with van der Waals surface area (Å²) in [5.74, 6) is 1.76. The molecule has 1 unspecified atom stereocenters. The topological polar surface area (TPSA) is 42.0 Å². The van der Waals surface area contributed by atoms with Crippen molar-refractivity contribution in [1.29, 1.82) is 0 Å². The van der Waals surface area contributed by atoms with Gasteiger partial charge >= 0.3 is 0 Å². The molecule has 1 aliphatic rings. The minimum atomic E-state index is 0.153. The molecule has 0 bridgehead atoms. The van der Waals surface area contributed by atoms with E-state index in [2.05, 4.69) is 6.92 Å². The van der Waals surface area contributed by atoms with Gasteiger partial charge in [0.1, 0.15) is 0 Å². The minimum Gasteiger partial charge on any atom is -0.454 e. The number of likely N-dealkylation sites (N-methyl/N-ethyl adjacent to an activating group) is 1. The third-order valence-corrected chi connectivity index (χ3v) is 3.80. The SMILES string of the molecule is CC(Cc1ccc2c(c1)OCO2)N(C)C(=O)CCN(C)C. The first-order valence-electron chi connectivity index (χ1n) is 7.26. The summed E-state index contributed by atoms with van der Waals surface area (Å²) in [4.78, 5) is 16.0. The van der Waals surface area contributed by atoms with Crippen molar-refractivity contribution < 1.29 is 14.3 Å². The van der Waals surface area contributed by atoms with Crippen molar-refractivity contribution in [3.63, 3.8) is 0 Å². The maximum absolute atomic E-state index is 12.1. The lowest BCUT2D eigenvalue weighted by Crippen LogP contribution is -2.37. The number of nitrogens with zero attached hydrogens (tertiary/aromatic N) is 2. The number of carbonyl (C=O) groups is 1. The minimum absolute atomic E-state index is 0.153. The summed E-state index contributed by atoms with van der Waals surface area (Å²) >= 11 is 0. The highest BCUT2D eigenvalue weighted by Gasteiger charge is 2.18. The first kappa shape index (κ1) is 15.6. The maximum Gasteiger partial charge on any atom is 0.231 e. The lowest BCUT2D eigenvalue weighted by atomic mass is 10.1. The quantitative estimate of drug-likeness (QED) is 0.801. The van der Waals surface area contributed by atoms with Crippen molar-refractivity contribution in [3.8, 4) is 11.5 Å². The average molecular weight is 292 g/mol. The van der Waals surface area contributed by atoms with Crippen molar-refractivity contribution in [2.75, 3.05) is 34.5 Å². The number of fused-ring (bicyclic) bond motifs is 1. The summed E-state index contributed by atoms with van der Waals surface area (Å²) in [7, 11) is 5.82. The lowest BCUT2D eigenvalue weighted by molar-refractivity contribution is -0.131. The van der Waals surface area contributed by atoms with E-state index in [-0.39, 0.29) is 18.7 Å². The molecular weight excluding hydrogens is 268 g/mol. The fourth-order valence-electron chi connectivity index (χ4n) is 2.29. The zero-order valence-corrected chi connectivity index (χ0v) is 13.3. The number of ether oxygens (including phenoxy) is 2. The van der Waals surface area contributed by atoms with Gasteiger partial charge in [-0.15, -0.1) is 0 Å². The smallest absolute Gasteiger partial charge is 0.231 e. The summed E-state index contributed by atoms with van der Waals surface area (Å²) in [6.07, 6.45) is 1.36. The van der Waals surface area contributed by atoms with E-state index in [1.165, 1.54) is 0 Å². The fourth-order valence-corrected chi connectivity index (χ4v) is 2.29. The molecule has 2 rings (SSSR count). The van der Waals surface area contributed by atoms with Crippen molar-refractivity contribution >= 4 is 5.91 Å². The molecule has 0 spiro atoms. The van der Waals surface area contributed by atoms with Gasteiger partial charge in [-0.2, -0.15) is 0 Å². The normalized spacial score (nSPS) is 14.3. The summed E-state index contributed by atoms with van der Waals surface area (Å²) < 4.78 is 10.7. The summed E-state index contributed by atoms with van der Waals surface area (Å²) in [6, 6.07) is 6.11. The molecule has 21 heavy (non-hydrogen) atoms. The second-order valence-corrected chi connectivity index (χ2v) is 5.80. The molecule has 0 radical (unpaired) electrons. The molecule has 1 aromatic rings. The van der Waals surface area contributed by atoms with Crippen LogP contribution in [0.25, 0.3) is 0 Å². The van der Waals surface area contributed by atoms with Gasteiger partial charge in [-0.25, -0.2) is 0 Å². The van der Waals surface area contributed by atoms with Crippen molar-refractivity contribution in [2.24, 2.45) is 0 Å². The third kappa shape index (κ3) is 4.11. The molecule has 0 saturated carbocycles. The fraction of sp³-hybridized carbons (Fsp3) is 0.562. The summed E-state index contributed by atoms with van der Waals surface area (Å²) in [6.45, 7) is 3.13. The molecule has 1 aromatic carbocycles. The Kier molecular flexibility index (Phi) is 5.07. The zero-order valence-electron chi connectivity index (χ0n) is 13.3. The van der Waals surface area contributed by atoms with Gasteiger partial charge in [0, 0.05) is 26.1 Å². The molecule has 0 aromatic heterocycles. The predicted octanol–water partition coefficient (Wildman–Crippen LogP) is 1.76. The molecule has 0 N–H and O–H groups in total. The Bertz CT molecular complexity index is 502. The van der Waals surface area contributed by atoms with E-state index in [0.717, 1.165) is 30.0 Å². The Hall–Kier alpha value is -1.75. The zero-order chi connectivity index (χ0) is 15.4. The maximum atomic E-state index is 12.1.